The number of hydrogen-bond donors (Lipinski definition) is 0. The molecule has 0 amide bonds. The second-order valence-electron chi connectivity index (χ2n) is 9.01. The van der Waals surface area contributed by atoms with Crippen LogP contribution in [0.5, 0.6) is 0 Å². The van der Waals surface area contributed by atoms with E-state index in [0.717, 1.165) is 11.8 Å². The molecule has 3 rings (SSSR count). The molecule has 20 heavy (non-hydrogen) atoms. The minimum absolute atomic E-state index is 0.310. The summed E-state index contributed by atoms with van der Waals surface area (Å²) < 4.78 is 0. The number of fused-ring (bicyclic) bond motifs is 3. The van der Waals surface area contributed by atoms with Crippen LogP contribution < -0.4 is 0 Å². The summed E-state index contributed by atoms with van der Waals surface area (Å²) in [5.74, 6) is 1.85. The molecule has 2 atom stereocenters. The zero-order valence-electron chi connectivity index (χ0n) is 14.1. The van der Waals surface area contributed by atoms with Gasteiger partial charge in [0.05, 0.1) is 0 Å². The maximum absolute atomic E-state index is 2.40. The average Bonchev–Trinajstić information content (AvgIpc) is 2.82. The highest BCUT2D eigenvalue weighted by atomic mass is 32.1. The molecule has 0 saturated heterocycles. The molecule has 0 bridgehead atoms. The van der Waals surface area contributed by atoms with Crippen molar-refractivity contribution in [3.63, 3.8) is 0 Å². The lowest BCUT2D eigenvalue weighted by Gasteiger charge is -2.29. The maximum Gasteiger partial charge on any atom is 0.0140 e. The van der Waals surface area contributed by atoms with Crippen LogP contribution in [-0.4, -0.2) is 0 Å². The van der Waals surface area contributed by atoms with E-state index in [1.807, 2.05) is 0 Å². The summed E-state index contributed by atoms with van der Waals surface area (Å²) in [4.78, 5) is 3.39. The van der Waals surface area contributed by atoms with Crippen LogP contribution >= 0.6 is 11.3 Å². The molecule has 0 N–H and O–H groups in total. The maximum atomic E-state index is 2.40. The third kappa shape index (κ3) is 2.26. The first-order valence-corrected chi connectivity index (χ1v) is 9.18. The summed E-state index contributed by atoms with van der Waals surface area (Å²) >= 11 is 2.13. The van der Waals surface area contributed by atoms with Crippen molar-refractivity contribution in [1.82, 2.24) is 0 Å². The van der Waals surface area contributed by atoms with E-state index in [4.69, 9.17) is 0 Å². The molecule has 1 heterocycles. The van der Waals surface area contributed by atoms with Crippen molar-refractivity contribution in [2.75, 3.05) is 0 Å². The standard InChI is InChI=1S/C19H30S/c1-18(2,3)16-14-11-12-9-7-8-10-13(12)15(14)17(20-16)19(4,5)6/h12-13H,7-11H2,1-6H3. The highest BCUT2D eigenvalue weighted by Gasteiger charge is 2.42. The highest BCUT2D eigenvalue weighted by Crippen LogP contribution is 2.55. The topological polar surface area (TPSA) is 0 Å². The summed E-state index contributed by atoms with van der Waals surface area (Å²) in [6.07, 6.45) is 7.20. The van der Waals surface area contributed by atoms with Crippen LogP contribution in [0, 0.1) is 5.92 Å². The van der Waals surface area contributed by atoms with E-state index in [9.17, 15) is 0 Å². The molecule has 112 valence electrons. The summed E-state index contributed by atoms with van der Waals surface area (Å²) in [6.45, 7) is 14.4. The number of hydrogen-bond acceptors (Lipinski definition) is 1. The second kappa shape index (κ2) is 4.60. The Morgan fingerprint density at radius 2 is 1.45 bits per heavy atom. The Labute approximate surface area is 129 Å². The van der Waals surface area contributed by atoms with E-state index in [1.54, 1.807) is 20.9 Å². The average molecular weight is 291 g/mol. The molecule has 1 saturated carbocycles. The fourth-order valence-corrected chi connectivity index (χ4v) is 5.85. The first-order chi connectivity index (χ1) is 9.19. The second-order valence-corrected chi connectivity index (χ2v) is 10.0. The Morgan fingerprint density at radius 1 is 0.850 bits per heavy atom. The first kappa shape index (κ1) is 14.6. The molecule has 2 aliphatic rings. The quantitative estimate of drug-likeness (QED) is 0.535. The van der Waals surface area contributed by atoms with E-state index in [1.165, 1.54) is 32.1 Å². The predicted octanol–water partition coefficient (Wildman–Crippen LogP) is 6.17. The van der Waals surface area contributed by atoms with Gasteiger partial charge in [-0.05, 0) is 53.1 Å². The van der Waals surface area contributed by atoms with Crippen molar-refractivity contribution < 1.29 is 0 Å². The van der Waals surface area contributed by atoms with Crippen molar-refractivity contribution in [1.29, 1.82) is 0 Å². The Hall–Kier alpha value is -0.300. The Morgan fingerprint density at radius 3 is 2.05 bits per heavy atom. The van der Waals surface area contributed by atoms with Gasteiger partial charge in [0.25, 0.3) is 0 Å². The fourth-order valence-electron chi connectivity index (χ4n) is 4.33. The lowest BCUT2D eigenvalue weighted by molar-refractivity contribution is 0.328. The first-order valence-electron chi connectivity index (χ1n) is 8.36. The largest absolute Gasteiger partial charge is 0.144 e. The zero-order chi connectivity index (χ0) is 14.7. The van der Waals surface area contributed by atoms with E-state index in [0.29, 0.717) is 10.8 Å². The molecule has 2 aliphatic carbocycles. The molecule has 1 aromatic heterocycles. The summed E-state index contributed by atoms with van der Waals surface area (Å²) in [5.41, 5.74) is 4.19. The van der Waals surface area contributed by atoms with Crippen LogP contribution in [0.2, 0.25) is 0 Å². The summed E-state index contributed by atoms with van der Waals surface area (Å²) in [5, 5.41) is 0. The van der Waals surface area contributed by atoms with Gasteiger partial charge in [0.1, 0.15) is 0 Å². The summed E-state index contributed by atoms with van der Waals surface area (Å²) in [7, 11) is 0. The van der Waals surface area contributed by atoms with Crippen molar-refractivity contribution in [3.8, 4) is 0 Å². The Balaban J connectivity index is 2.16. The minimum Gasteiger partial charge on any atom is -0.144 e. The van der Waals surface area contributed by atoms with Crippen LogP contribution in [-0.2, 0) is 17.3 Å². The predicted molar refractivity (Wildman–Crippen MR) is 90.1 cm³/mol. The van der Waals surface area contributed by atoms with Crippen LogP contribution in [0.4, 0.5) is 0 Å². The highest BCUT2D eigenvalue weighted by molar-refractivity contribution is 7.12. The van der Waals surface area contributed by atoms with Crippen molar-refractivity contribution in [2.24, 2.45) is 5.92 Å². The normalized spacial score (nSPS) is 26.5. The molecule has 0 nitrogen and oxygen atoms in total. The Kier molecular flexibility index (Phi) is 3.36. The van der Waals surface area contributed by atoms with E-state index >= 15 is 0 Å². The molecule has 0 aromatic carbocycles. The molecule has 0 aliphatic heterocycles. The van der Waals surface area contributed by atoms with Crippen LogP contribution in [0.15, 0.2) is 0 Å². The van der Waals surface area contributed by atoms with Crippen LogP contribution in [0.25, 0.3) is 0 Å². The molecule has 0 spiro atoms. The van der Waals surface area contributed by atoms with Crippen LogP contribution in [0.3, 0.4) is 0 Å². The molecule has 1 heteroatoms. The molecular weight excluding hydrogens is 260 g/mol. The van der Waals surface area contributed by atoms with Gasteiger partial charge in [-0.2, -0.15) is 0 Å². The van der Waals surface area contributed by atoms with E-state index in [2.05, 4.69) is 52.9 Å². The lowest BCUT2D eigenvalue weighted by atomic mass is 9.77. The van der Waals surface area contributed by atoms with Crippen LogP contribution in [0.1, 0.15) is 94.0 Å². The molecule has 2 unspecified atom stereocenters. The molecular formula is C19H30S. The minimum atomic E-state index is 0.310. The van der Waals surface area contributed by atoms with Gasteiger partial charge in [-0.25, -0.2) is 0 Å². The van der Waals surface area contributed by atoms with E-state index in [-0.39, 0.29) is 0 Å². The van der Waals surface area contributed by atoms with Gasteiger partial charge in [-0.1, -0.05) is 54.4 Å². The van der Waals surface area contributed by atoms with Gasteiger partial charge in [0.2, 0.25) is 0 Å². The smallest absolute Gasteiger partial charge is 0.0140 e. The van der Waals surface area contributed by atoms with Crippen molar-refractivity contribution in [2.45, 2.75) is 90.4 Å². The molecule has 1 aromatic rings. The lowest BCUT2D eigenvalue weighted by Crippen LogP contribution is -2.17. The monoisotopic (exact) mass is 290 g/mol. The van der Waals surface area contributed by atoms with Gasteiger partial charge in [-0.15, -0.1) is 11.3 Å². The third-order valence-electron chi connectivity index (χ3n) is 5.16. The fraction of sp³-hybridized carbons (Fsp3) is 0.789. The Bertz CT molecular complexity index is 507. The van der Waals surface area contributed by atoms with Gasteiger partial charge in [-0.3, -0.25) is 0 Å². The van der Waals surface area contributed by atoms with Gasteiger partial charge < -0.3 is 0 Å². The van der Waals surface area contributed by atoms with Gasteiger partial charge in [0, 0.05) is 9.75 Å². The number of rotatable bonds is 0. The van der Waals surface area contributed by atoms with E-state index < -0.39 is 0 Å². The van der Waals surface area contributed by atoms with Gasteiger partial charge >= 0.3 is 0 Å². The third-order valence-corrected chi connectivity index (χ3v) is 7.26. The van der Waals surface area contributed by atoms with Crippen molar-refractivity contribution in [3.05, 3.63) is 20.9 Å². The SMILES string of the molecule is CC(C)(C)c1sc(C(C)(C)C)c2c1CC1CCCCC21. The molecule has 0 radical (unpaired) electrons. The van der Waals surface area contributed by atoms with Gasteiger partial charge in [0.15, 0.2) is 0 Å². The van der Waals surface area contributed by atoms with Crippen molar-refractivity contribution >= 4 is 11.3 Å². The molecule has 1 fully saturated rings. The zero-order valence-corrected chi connectivity index (χ0v) is 14.9. The summed E-state index contributed by atoms with van der Waals surface area (Å²) in [6, 6.07) is 0. The number of thiophene rings is 1.